The Balaban J connectivity index is 4.58. The summed E-state index contributed by atoms with van der Waals surface area (Å²) in [4.78, 5) is 0. The van der Waals surface area contributed by atoms with E-state index in [9.17, 15) is 0 Å². The summed E-state index contributed by atoms with van der Waals surface area (Å²) in [5.74, 6) is 0. The third kappa shape index (κ3) is 3.87. The van der Waals surface area contributed by atoms with E-state index >= 15 is 0 Å². The van der Waals surface area contributed by atoms with Gasteiger partial charge in [0.2, 0.25) is 0 Å². The van der Waals surface area contributed by atoms with Crippen LogP contribution >= 0.6 is 0 Å². The van der Waals surface area contributed by atoms with Gasteiger partial charge in [0, 0.05) is 12.6 Å². The summed E-state index contributed by atoms with van der Waals surface area (Å²) in [6, 6.07) is 2.50. The van der Waals surface area contributed by atoms with Crippen LogP contribution < -0.4 is 11.5 Å². The van der Waals surface area contributed by atoms with Gasteiger partial charge in [-0.25, -0.2) is 0 Å². The Morgan fingerprint density at radius 3 is 2.07 bits per heavy atom. The first-order valence-electron chi connectivity index (χ1n) is 6.17. The lowest BCUT2D eigenvalue weighted by Crippen LogP contribution is -2.48. The molecule has 0 aromatic carbocycles. The van der Waals surface area contributed by atoms with Gasteiger partial charge in [-0.1, -0.05) is 20.8 Å². The summed E-state index contributed by atoms with van der Waals surface area (Å²) in [5, 5.41) is 0. The molecule has 4 heteroatoms. The molecule has 0 aliphatic rings. The quantitative estimate of drug-likeness (QED) is 0.630. The summed E-state index contributed by atoms with van der Waals surface area (Å²) in [6.45, 7) is 10.3. The van der Waals surface area contributed by atoms with Crippen molar-refractivity contribution in [3.8, 4) is 0 Å². The molecule has 0 aromatic heterocycles. The second-order valence-electron chi connectivity index (χ2n) is 4.23. The molecule has 0 spiro atoms. The van der Waals surface area contributed by atoms with Crippen LogP contribution in [-0.2, 0) is 4.43 Å². The lowest BCUT2D eigenvalue weighted by atomic mass is 10.2. The van der Waals surface area contributed by atoms with E-state index in [1.165, 1.54) is 0 Å². The summed E-state index contributed by atoms with van der Waals surface area (Å²) in [6.07, 6.45) is 0.906. The largest absolute Gasteiger partial charge is 0.417 e. The molecule has 0 saturated carbocycles. The van der Waals surface area contributed by atoms with Crippen molar-refractivity contribution < 1.29 is 4.43 Å². The van der Waals surface area contributed by atoms with Gasteiger partial charge in [-0.3, -0.25) is 0 Å². The van der Waals surface area contributed by atoms with Crippen molar-refractivity contribution in [3.63, 3.8) is 0 Å². The van der Waals surface area contributed by atoms with Crippen molar-refractivity contribution in [2.45, 2.75) is 57.8 Å². The molecule has 0 aliphatic carbocycles. The zero-order valence-electron chi connectivity index (χ0n) is 10.8. The molecule has 4 N–H and O–H groups in total. The van der Waals surface area contributed by atoms with Crippen molar-refractivity contribution in [3.05, 3.63) is 0 Å². The molecule has 0 bridgehead atoms. The molecule has 0 aliphatic heterocycles. The van der Waals surface area contributed by atoms with Gasteiger partial charge in [0.15, 0.2) is 8.32 Å². The first-order valence-corrected chi connectivity index (χ1v) is 8.57. The molecule has 2 unspecified atom stereocenters. The van der Waals surface area contributed by atoms with E-state index in [0.29, 0.717) is 12.1 Å². The van der Waals surface area contributed by atoms with E-state index < -0.39 is 8.32 Å². The van der Waals surface area contributed by atoms with Gasteiger partial charge >= 0.3 is 0 Å². The molecule has 92 valence electrons. The number of nitrogens with two attached hydrogens (primary N) is 2. The number of hydrogen-bond acceptors (Lipinski definition) is 3. The van der Waals surface area contributed by atoms with Crippen molar-refractivity contribution in [2.24, 2.45) is 11.5 Å². The fourth-order valence-corrected chi connectivity index (χ4v) is 6.33. The predicted molar refractivity (Wildman–Crippen MR) is 69.4 cm³/mol. The first-order chi connectivity index (χ1) is 7.07. The molecule has 2 atom stereocenters. The first kappa shape index (κ1) is 15.1. The van der Waals surface area contributed by atoms with Crippen LogP contribution in [0.3, 0.4) is 0 Å². The van der Waals surface area contributed by atoms with Crippen molar-refractivity contribution in [1.82, 2.24) is 0 Å². The Labute approximate surface area is 95.7 Å². The van der Waals surface area contributed by atoms with E-state index in [0.717, 1.165) is 25.1 Å². The van der Waals surface area contributed by atoms with Crippen LogP contribution in [0.25, 0.3) is 0 Å². The molecule has 0 radical (unpaired) electrons. The van der Waals surface area contributed by atoms with Gasteiger partial charge in [-0.15, -0.1) is 0 Å². The van der Waals surface area contributed by atoms with Crippen LogP contribution in [0.2, 0.25) is 17.6 Å². The topological polar surface area (TPSA) is 61.3 Å². The van der Waals surface area contributed by atoms with Gasteiger partial charge in [0.1, 0.15) is 0 Å². The van der Waals surface area contributed by atoms with Crippen LogP contribution in [0.15, 0.2) is 0 Å². The van der Waals surface area contributed by atoms with E-state index in [1.807, 2.05) is 0 Å². The van der Waals surface area contributed by atoms with E-state index in [1.54, 1.807) is 0 Å². The average Bonchev–Trinajstić information content (AvgIpc) is 2.25. The highest BCUT2D eigenvalue weighted by Crippen LogP contribution is 2.33. The zero-order valence-corrected chi connectivity index (χ0v) is 11.8. The average molecular weight is 232 g/mol. The Morgan fingerprint density at radius 1 is 1.20 bits per heavy atom. The van der Waals surface area contributed by atoms with Crippen molar-refractivity contribution in [2.75, 3.05) is 13.2 Å². The number of rotatable bonds is 8. The maximum atomic E-state index is 6.17. The van der Waals surface area contributed by atoms with Gasteiger partial charge in [-0.2, -0.15) is 0 Å². The highest BCUT2D eigenvalue weighted by atomic mass is 28.4. The maximum Gasteiger partial charge on any atom is 0.196 e. The normalized spacial score (nSPS) is 16.4. The molecule has 0 rings (SSSR count). The monoisotopic (exact) mass is 232 g/mol. The van der Waals surface area contributed by atoms with E-state index in [4.69, 9.17) is 15.9 Å². The summed E-state index contributed by atoms with van der Waals surface area (Å²) in [7, 11) is -1.63. The van der Waals surface area contributed by atoms with Crippen LogP contribution in [0, 0.1) is 0 Å². The minimum absolute atomic E-state index is 0.202. The highest BCUT2D eigenvalue weighted by Gasteiger charge is 2.39. The Bertz CT molecular complexity index is 163. The van der Waals surface area contributed by atoms with Crippen molar-refractivity contribution >= 4 is 8.32 Å². The highest BCUT2D eigenvalue weighted by molar-refractivity contribution is 6.75. The molecule has 0 saturated heterocycles. The molecule has 3 nitrogen and oxygen atoms in total. The summed E-state index contributed by atoms with van der Waals surface area (Å²) >= 11 is 0. The van der Waals surface area contributed by atoms with Crippen LogP contribution in [0.5, 0.6) is 0 Å². The van der Waals surface area contributed by atoms with Gasteiger partial charge in [0.05, 0.1) is 0 Å². The Morgan fingerprint density at radius 2 is 1.73 bits per heavy atom. The summed E-state index contributed by atoms with van der Waals surface area (Å²) < 4.78 is 6.08. The number of hydrogen-bond donors (Lipinski definition) is 2. The third-order valence-electron chi connectivity index (χ3n) is 3.60. The second kappa shape index (κ2) is 7.38. The van der Waals surface area contributed by atoms with Gasteiger partial charge in [0.25, 0.3) is 0 Å². The standard InChI is InChI=1S/C11H28N2OSi/c1-5-14-15(6-2,7-3)10(4)11(13)8-9-12/h10-11H,5-9,12-13H2,1-4H3. The molecule has 15 heavy (non-hydrogen) atoms. The fraction of sp³-hybridized carbons (Fsp3) is 1.00. The lowest BCUT2D eigenvalue weighted by molar-refractivity contribution is 0.304. The predicted octanol–water partition coefficient (Wildman–Crippen LogP) is 2.07. The van der Waals surface area contributed by atoms with E-state index in [2.05, 4.69) is 27.7 Å². The third-order valence-corrected chi connectivity index (χ3v) is 8.95. The molecular formula is C11H28N2OSi. The SMILES string of the molecule is CCO[Si](CC)(CC)C(C)C(N)CCN. The molecule has 0 aromatic rings. The fourth-order valence-electron chi connectivity index (χ4n) is 2.35. The smallest absolute Gasteiger partial charge is 0.196 e. The molecular weight excluding hydrogens is 204 g/mol. The maximum absolute atomic E-state index is 6.17. The van der Waals surface area contributed by atoms with Gasteiger partial charge < -0.3 is 15.9 Å². The molecule has 0 fully saturated rings. The van der Waals surface area contributed by atoms with Crippen LogP contribution in [0.4, 0.5) is 0 Å². The van der Waals surface area contributed by atoms with Crippen molar-refractivity contribution in [1.29, 1.82) is 0 Å². The molecule has 0 heterocycles. The lowest BCUT2D eigenvalue weighted by Gasteiger charge is -2.38. The van der Waals surface area contributed by atoms with E-state index in [-0.39, 0.29) is 6.04 Å². The summed E-state index contributed by atoms with van der Waals surface area (Å²) in [5.41, 5.74) is 12.2. The van der Waals surface area contributed by atoms with Crippen LogP contribution in [0.1, 0.15) is 34.1 Å². The van der Waals surface area contributed by atoms with Crippen LogP contribution in [-0.4, -0.2) is 27.5 Å². The second-order valence-corrected chi connectivity index (χ2v) is 8.98. The zero-order chi connectivity index (χ0) is 11.9. The Kier molecular flexibility index (Phi) is 7.43. The Hall–Kier alpha value is 0.0969. The molecule has 0 amide bonds. The minimum atomic E-state index is -1.63. The van der Waals surface area contributed by atoms with Gasteiger partial charge in [-0.05, 0) is 37.5 Å². The minimum Gasteiger partial charge on any atom is -0.417 e.